The van der Waals surface area contributed by atoms with Crippen LogP contribution in [-0.2, 0) is 36.3 Å². The summed E-state index contributed by atoms with van der Waals surface area (Å²) >= 11 is 0. The molecule has 18 nitrogen and oxygen atoms in total. The minimum Gasteiger partial charge on any atom is -0.374 e. The number of methoxy groups -OCH3 is 1. The van der Waals surface area contributed by atoms with Crippen LogP contribution in [0.15, 0.2) is 11.1 Å². The molecule has 2 aromatic heterocycles. The first-order chi connectivity index (χ1) is 15.5. The summed E-state index contributed by atoms with van der Waals surface area (Å²) in [6.07, 6.45) is -3.70. The normalized spacial score (nSPS) is 29.2. The first-order valence-electron chi connectivity index (χ1n) is 8.82. The van der Waals surface area contributed by atoms with E-state index in [-0.39, 0.29) is 17.1 Å². The number of aromatic amines is 1. The van der Waals surface area contributed by atoms with Gasteiger partial charge in [-0.25, -0.2) is 23.1 Å². The highest BCUT2D eigenvalue weighted by molar-refractivity contribution is 7.66. The molecule has 0 bridgehead atoms. The molecular weight excluding hydrogens is 534 g/mol. The second kappa shape index (κ2) is 9.13. The summed E-state index contributed by atoms with van der Waals surface area (Å²) in [6.45, 7) is 0.0130. The molecular formula is C12H19FN5O13P3. The van der Waals surface area contributed by atoms with Crippen LogP contribution in [-0.4, -0.2) is 70.7 Å². The van der Waals surface area contributed by atoms with E-state index in [1.165, 1.54) is 0 Å². The van der Waals surface area contributed by atoms with E-state index in [0.29, 0.717) is 0 Å². The third-order valence-electron chi connectivity index (χ3n) is 4.47. The molecule has 0 spiro atoms. The van der Waals surface area contributed by atoms with Crippen LogP contribution in [0.3, 0.4) is 0 Å². The number of imidazole rings is 1. The van der Waals surface area contributed by atoms with Crippen molar-refractivity contribution < 1.29 is 60.3 Å². The molecule has 2 aromatic rings. The number of phosphoric acid groups is 3. The maximum atomic E-state index is 15.3. The first kappa shape index (κ1) is 27.0. The molecule has 22 heteroatoms. The van der Waals surface area contributed by atoms with Gasteiger partial charge in [0.25, 0.3) is 5.56 Å². The molecule has 2 unspecified atom stereocenters. The summed E-state index contributed by atoms with van der Waals surface area (Å²) < 4.78 is 73.0. The number of nitrogens with zero attached hydrogens (tertiary/aromatic N) is 3. The molecule has 1 aliphatic heterocycles. The number of fused-ring (bicyclic) bond motifs is 1. The van der Waals surface area contributed by atoms with Gasteiger partial charge in [0, 0.05) is 7.11 Å². The molecule has 6 atom stereocenters. The van der Waals surface area contributed by atoms with E-state index in [4.69, 9.17) is 25.0 Å². The molecule has 192 valence electrons. The third-order valence-corrected chi connectivity index (χ3v) is 8.25. The van der Waals surface area contributed by atoms with Gasteiger partial charge in [-0.1, -0.05) is 0 Å². The molecule has 0 saturated carbocycles. The van der Waals surface area contributed by atoms with E-state index in [1.54, 1.807) is 0 Å². The number of nitrogens with two attached hydrogens (primary N) is 1. The average molecular weight is 553 g/mol. The van der Waals surface area contributed by atoms with Crippen molar-refractivity contribution in [1.82, 2.24) is 19.5 Å². The van der Waals surface area contributed by atoms with Gasteiger partial charge in [-0.3, -0.25) is 18.9 Å². The fourth-order valence-electron chi connectivity index (χ4n) is 3.11. The lowest BCUT2D eigenvalue weighted by molar-refractivity contribution is -0.106. The van der Waals surface area contributed by atoms with Gasteiger partial charge in [0.15, 0.2) is 23.6 Å². The van der Waals surface area contributed by atoms with E-state index in [1.807, 2.05) is 0 Å². The highest BCUT2D eigenvalue weighted by Gasteiger charge is 2.56. The van der Waals surface area contributed by atoms with Gasteiger partial charge in [-0.15, -0.1) is 0 Å². The van der Waals surface area contributed by atoms with Crippen LogP contribution in [0.2, 0.25) is 0 Å². The first-order valence-corrected chi connectivity index (χ1v) is 13.3. The zero-order valence-electron chi connectivity index (χ0n) is 17.1. The number of nitrogens with one attached hydrogen (secondary N) is 1. The molecule has 0 amide bonds. The molecule has 1 fully saturated rings. The highest BCUT2D eigenvalue weighted by atomic mass is 31.3. The van der Waals surface area contributed by atoms with Crippen LogP contribution in [0.5, 0.6) is 0 Å². The smallest absolute Gasteiger partial charge is 0.374 e. The van der Waals surface area contributed by atoms with Crippen LogP contribution < -0.4 is 11.3 Å². The van der Waals surface area contributed by atoms with Crippen molar-refractivity contribution in [3.05, 3.63) is 16.7 Å². The number of halogens is 1. The third kappa shape index (κ3) is 5.79. The Bertz CT molecular complexity index is 1280. The predicted octanol–water partition coefficient (Wildman–Crippen LogP) is -0.314. The summed E-state index contributed by atoms with van der Waals surface area (Å²) in [5, 5.41) is 0. The van der Waals surface area contributed by atoms with E-state index < -0.39 is 59.7 Å². The number of nitrogen functional groups attached to an aromatic ring is 1. The number of anilines is 1. The fraction of sp³-hybridized carbons (Fsp3) is 0.583. The SMILES string of the molecule is CO[C@H]1[C@H](n2cnc3c(=O)[nH]c(N)nc32)O[C@](C)(COP(=O)(O)OP(=O)(O)OP(=O)(O)O)[C@H]1F. The Kier molecular flexibility index (Phi) is 7.25. The summed E-state index contributed by atoms with van der Waals surface area (Å²) in [6, 6.07) is 0. The largest absolute Gasteiger partial charge is 0.490 e. The molecule has 0 aromatic carbocycles. The van der Waals surface area contributed by atoms with E-state index >= 15 is 4.39 Å². The van der Waals surface area contributed by atoms with Crippen LogP contribution >= 0.6 is 23.5 Å². The topological polar surface area (TPSA) is 268 Å². The zero-order chi connectivity index (χ0) is 25.7. The van der Waals surface area contributed by atoms with Crippen molar-refractivity contribution in [2.75, 3.05) is 19.5 Å². The lowest BCUT2D eigenvalue weighted by Crippen LogP contribution is -2.41. The zero-order valence-corrected chi connectivity index (χ0v) is 19.8. The van der Waals surface area contributed by atoms with E-state index in [0.717, 1.165) is 24.9 Å². The van der Waals surface area contributed by atoms with Crippen molar-refractivity contribution in [1.29, 1.82) is 0 Å². The van der Waals surface area contributed by atoms with Crippen LogP contribution in [0.25, 0.3) is 11.2 Å². The van der Waals surface area contributed by atoms with Crippen molar-refractivity contribution in [3.63, 3.8) is 0 Å². The lowest BCUT2D eigenvalue weighted by atomic mass is 10.00. The minimum atomic E-state index is -5.77. The van der Waals surface area contributed by atoms with Gasteiger partial charge >= 0.3 is 23.5 Å². The second-order valence-electron chi connectivity index (χ2n) is 7.06. The highest BCUT2D eigenvalue weighted by Crippen LogP contribution is 2.66. The number of hydrogen-bond donors (Lipinski definition) is 6. The maximum Gasteiger partial charge on any atom is 0.490 e. The fourth-order valence-corrected chi connectivity index (χ4v) is 6.22. The maximum absolute atomic E-state index is 15.3. The molecule has 3 rings (SSSR count). The van der Waals surface area contributed by atoms with Crippen molar-refractivity contribution in [2.45, 2.75) is 31.0 Å². The van der Waals surface area contributed by atoms with Gasteiger partial charge < -0.3 is 34.8 Å². The average Bonchev–Trinajstić information content (AvgIpc) is 3.17. The molecule has 3 heterocycles. The minimum absolute atomic E-state index is 0.0855. The summed E-state index contributed by atoms with van der Waals surface area (Å²) in [5.41, 5.74) is 2.56. The lowest BCUT2D eigenvalue weighted by Gasteiger charge is -2.27. The Morgan fingerprint density at radius 2 is 1.91 bits per heavy atom. The monoisotopic (exact) mass is 553 g/mol. The standard InChI is InChI=1S/C12H19FN5O13P3/c1-12(3-28-33(23,24)31-34(25,26)30-32(20,21)22)7(13)6(27-2)10(29-12)18-4-15-5-8(18)16-11(14)17-9(5)19/h4,6-7,10H,3H2,1-2H3,(H,23,24)(H,25,26)(H2,20,21,22)(H3,14,16,17,19)/t6-,7+,10-,12-/m1/s1. The molecule has 0 radical (unpaired) electrons. The van der Waals surface area contributed by atoms with Gasteiger partial charge in [0.05, 0.1) is 12.9 Å². The second-order valence-corrected chi connectivity index (χ2v) is 11.5. The van der Waals surface area contributed by atoms with E-state index in [9.17, 15) is 28.3 Å². The summed E-state index contributed by atoms with van der Waals surface area (Å²) in [7, 11) is -15.8. The van der Waals surface area contributed by atoms with Crippen LogP contribution in [0.4, 0.5) is 10.3 Å². The number of alkyl halides is 1. The molecule has 7 N–H and O–H groups in total. The van der Waals surface area contributed by atoms with Crippen molar-refractivity contribution in [2.24, 2.45) is 0 Å². The Labute approximate surface area is 188 Å². The number of aromatic nitrogens is 4. The molecule has 0 aliphatic carbocycles. The number of hydrogen-bond acceptors (Lipinski definition) is 12. The molecule has 1 saturated heterocycles. The number of H-pyrrole nitrogens is 1. The van der Waals surface area contributed by atoms with Gasteiger partial charge in [-0.2, -0.15) is 13.6 Å². The van der Waals surface area contributed by atoms with Crippen molar-refractivity contribution >= 4 is 40.6 Å². The van der Waals surface area contributed by atoms with Crippen molar-refractivity contribution in [3.8, 4) is 0 Å². The van der Waals surface area contributed by atoms with Gasteiger partial charge in [0.1, 0.15) is 11.7 Å². The van der Waals surface area contributed by atoms with Gasteiger partial charge in [0.2, 0.25) is 5.95 Å². The number of ether oxygens (including phenoxy) is 2. The van der Waals surface area contributed by atoms with Crippen LogP contribution in [0.1, 0.15) is 13.2 Å². The Hall–Kier alpha value is -1.59. The molecule has 34 heavy (non-hydrogen) atoms. The summed E-state index contributed by atoms with van der Waals surface area (Å²) in [4.78, 5) is 58.0. The number of rotatable bonds is 9. The Balaban J connectivity index is 1.83. The predicted molar refractivity (Wildman–Crippen MR) is 107 cm³/mol. The Morgan fingerprint density at radius 3 is 2.50 bits per heavy atom. The molecule has 1 aliphatic rings. The van der Waals surface area contributed by atoms with Crippen LogP contribution in [0, 0.1) is 0 Å². The number of phosphoric ester groups is 1. The van der Waals surface area contributed by atoms with Gasteiger partial charge in [-0.05, 0) is 6.92 Å². The van der Waals surface area contributed by atoms with E-state index in [2.05, 4.69) is 28.1 Å². The Morgan fingerprint density at radius 1 is 1.26 bits per heavy atom. The summed E-state index contributed by atoms with van der Waals surface area (Å²) in [5.74, 6) is -0.265. The quantitative estimate of drug-likeness (QED) is 0.217.